The lowest BCUT2D eigenvalue weighted by molar-refractivity contribution is 0.0787. The highest BCUT2D eigenvalue weighted by molar-refractivity contribution is 5.93. The van der Waals surface area contributed by atoms with Gasteiger partial charge in [-0.1, -0.05) is 13.8 Å². The molecule has 20 heavy (non-hydrogen) atoms. The van der Waals surface area contributed by atoms with Gasteiger partial charge >= 0.3 is 0 Å². The monoisotopic (exact) mass is 301 g/mol. The van der Waals surface area contributed by atoms with E-state index in [0.717, 1.165) is 6.42 Å². The molecule has 0 radical (unpaired) electrons. The Hall–Kier alpha value is -1.33. The maximum absolute atomic E-state index is 12.2. The molecule has 1 heterocycles. The summed E-state index contributed by atoms with van der Waals surface area (Å²) in [6.07, 6.45) is 2.36. The van der Waals surface area contributed by atoms with Crippen LogP contribution < -0.4 is 11.3 Å². The van der Waals surface area contributed by atoms with Gasteiger partial charge in [0, 0.05) is 32.9 Å². The number of pyridine rings is 1. The molecular weight excluding hydrogens is 278 g/mol. The molecule has 114 valence electrons. The lowest BCUT2D eigenvalue weighted by Crippen LogP contribution is -2.37. The molecule has 0 saturated carbocycles. The van der Waals surface area contributed by atoms with Crippen LogP contribution in [-0.2, 0) is 7.05 Å². The normalized spacial score (nSPS) is 11.9. The van der Waals surface area contributed by atoms with Gasteiger partial charge < -0.3 is 15.2 Å². The molecule has 0 saturated heterocycles. The molecule has 0 aliphatic heterocycles. The predicted octanol–water partition coefficient (Wildman–Crippen LogP) is 1.25. The quantitative estimate of drug-likeness (QED) is 0.890. The van der Waals surface area contributed by atoms with Gasteiger partial charge in [0.1, 0.15) is 5.56 Å². The number of amides is 1. The largest absolute Gasteiger partial charge is 0.341 e. The van der Waals surface area contributed by atoms with Crippen LogP contribution in [0.2, 0.25) is 0 Å². The Labute approximate surface area is 126 Å². The van der Waals surface area contributed by atoms with Gasteiger partial charge in [-0.05, 0) is 24.5 Å². The highest BCUT2D eigenvalue weighted by Crippen LogP contribution is 2.05. The minimum Gasteiger partial charge on any atom is -0.341 e. The van der Waals surface area contributed by atoms with Gasteiger partial charge in [-0.2, -0.15) is 0 Å². The van der Waals surface area contributed by atoms with E-state index in [-0.39, 0.29) is 35.5 Å². The number of aryl methyl sites for hydroxylation is 1. The summed E-state index contributed by atoms with van der Waals surface area (Å²) in [5.41, 5.74) is 5.88. The molecule has 5 nitrogen and oxygen atoms in total. The van der Waals surface area contributed by atoms with E-state index < -0.39 is 0 Å². The fraction of sp³-hybridized carbons (Fsp3) is 0.571. The summed E-state index contributed by atoms with van der Waals surface area (Å²) >= 11 is 0. The zero-order valence-corrected chi connectivity index (χ0v) is 13.3. The van der Waals surface area contributed by atoms with Crippen molar-refractivity contribution in [2.45, 2.75) is 26.3 Å². The standard InChI is InChI=1S/C14H23N3O2.ClH/c1-10(2)12(15)7-9-17(4)14(19)11-6-5-8-16(3)13(11)18;/h5-6,8,10,12H,7,9,15H2,1-4H3;1H. The summed E-state index contributed by atoms with van der Waals surface area (Å²) in [5.74, 6) is 0.130. The second-order valence-electron chi connectivity index (χ2n) is 5.26. The third-order valence-electron chi connectivity index (χ3n) is 3.35. The van der Waals surface area contributed by atoms with E-state index in [1.807, 2.05) is 0 Å². The minimum absolute atomic E-state index is 0. The van der Waals surface area contributed by atoms with Crippen LogP contribution >= 0.6 is 12.4 Å². The van der Waals surface area contributed by atoms with E-state index in [0.29, 0.717) is 12.5 Å². The Morgan fingerprint density at radius 3 is 2.60 bits per heavy atom. The van der Waals surface area contributed by atoms with Crippen LogP contribution in [-0.4, -0.2) is 35.0 Å². The van der Waals surface area contributed by atoms with E-state index in [4.69, 9.17) is 5.73 Å². The molecule has 1 atom stereocenters. The Balaban J connectivity index is 0.00000361. The van der Waals surface area contributed by atoms with E-state index in [2.05, 4.69) is 13.8 Å². The number of hydrogen-bond acceptors (Lipinski definition) is 3. The summed E-state index contributed by atoms with van der Waals surface area (Å²) in [6.45, 7) is 4.66. The van der Waals surface area contributed by atoms with E-state index in [1.54, 1.807) is 37.3 Å². The fourth-order valence-electron chi connectivity index (χ4n) is 1.74. The number of halogens is 1. The average Bonchev–Trinajstić information content (AvgIpc) is 2.37. The van der Waals surface area contributed by atoms with Crippen molar-refractivity contribution in [1.29, 1.82) is 0 Å². The number of rotatable bonds is 5. The SMILES string of the molecule is CC(C)C(N)CCN(C)C(=O)c1cccn(C)c1=O.Cl. The highest BCUT2D eigenvalue weighted by Gasteiger charge is 2.17. The summed E-state index contributed by atoms with van der Waals surface area (Å²) in [4.78, 5) is 25.6. The topological polar surface area (TPSA) is 68.3 Å². The van der Waals surface area contributed by atoms with Crippen molar-refractivity contribution in [3.8, 4) is 0 Å². The zero-order chi connectivity index (χ0) is 14.6. The third kappa shape index (κ3) is 4.65. The van der Waals surface area contributed by atoms with E-state index in [1.165, 1.54) is 4.57 Å². The van der Waals surface area contributed by atoms with E-state index in [9.17, 15) is 9.59 Å². The summed E-state index contributed by atoms with van der Waals surface area (Å²) in [5, 5.41) is 0. The molecule has 6 heteroatoms. The molecule has 1 amide bonds. The first kappa shape index (κ1) is 18.7. The van der Waals surface area contributed by atoms with Crippen molar-refractivity contribution >= 4 is 18.3 Å². The number of aromatic nitrogens is 1. The average molecular weight is 302 g/mol. The van der Waals surface area contributed by atoms with Gasteiger partial charge in [-0.3, -0.25) is 9.59 Å². The van der Waals surface area contributed by atoms with Crippen LogP contribution in [0.25, 0.3) is 0 Å². The number of carbonyl (C=O) groups is 1. The van der Waals surface area contributed by atoms with Gasteiger partial charge in [0.2, 0.25) is 0 Å². The number of nitrogens with two attached hydrogens (primary N) is 1. The number of hydrogen-bond donors (Lipinski definition) is 1. The molecule has 0 bridgehead atoms. The molecular formula is C14H24ClN3O2. The maximum Gasteiger partial charge on any atom is 0.263 e. The molecule has 1 aromatic heterocycles. The lowest BCUT2D eigenvalue weighted by atomic mass is 10.0. The van der Waals surface area contributed by atoms with Crippen molar-refractivity contribution in [3.63, 3.8) is 0 Å². The van der Waals surface area contributed by atoms with Crippen LogP contribution in [0.5, 0.6) is 0 Å². The fourth-order valence-corrected chi connectivity index (χ4v) is 1.74. The van der Waals surface area contributed by atoms with Crippen LogP contribution in [0.15, 0.2) is 23.1 Å². The molecule has 0 aromatic carbocycles. The van der Waals surface area contributed by atoms with Gasteiger partial charge in [-0.25, -0.2) is 0 Å². The van der Waals surface area contributed by atoms with E-state index >= 15 is 0 Å². The van der Waals surface area contributed by atoms with Crippen molar-refractivity contribution in [3.05, 3.63) is 34.2 Å². The maximum atomic E-state index is 12.2. The van der Waals surface area contributed by atoms with Crippen LogP contribution in [0.3, 0.4) is 0 Å². The van der Waals surface area contributed by atoms with Crippen molar-refractivity contribution in [2.24, 2.45) is 18.7 Å². The zero-order valence-electron chi connectivity index (χ0n) is 12.5. The second kappa shape index (κ2) is 8.07. The van der Waals surface area contributed by atoms with Gasteiger partial charge in [0.05, 0.1) is 0 Å². The summed E-state index contributed by atoms with van der Waals surface area (Å²) in [6, 6.07) is 3.32. The van der Waals surface area contributed by atoms with Crippen molar-refractivity contribution < 1.29 is 4.79 Å². The predicted molar refractivity (Wildman–Crippen MR) is 83.3 cm³/mol. The Bertz CT molecular complexity index is 499. The van der Waals surface area contributed by atoms with Crippen molar-refractivity contribution in [1.82, 2.24) is 9.47 Å². The highest BCUT2D eigenvalue weighted by atomic mass is 35.5. The molecule has 1 aromatic rings. The molecule has 0 aliphatic carbocycles. The first-order chi connectivity index (χ1) is 8.84. The first-order valence-corrected chi connectivity index (χ1v) is 6.51. The van der Waals surface area contributed by atoms with Crippen molar-refractivity contribution in [2.75, 3.05) is 13.6 Å². The molecule has 2 N–H and O–H groups in total. The van der Waals surface area contributed by atoms with Gasteiger partial charge in [0.15, 0.2) is 0 Å². The number of nitrogens with zero attached hydrogens (tertiary/aromatic N) is 2. The van der Waals surface area contributed by atoms with Crippen LogP contribution in [0.1, 0.15) is 30.6 Å². The van der Waals surface area contributed by atoms with Gasteiger partial charge in [0.25, 0.3) is 11.5 Å². The molecule has 1 unspecified atom stereocenters. The third-order valence-corrected chi connectivity index (χ3v) is 3.35. The first-order valence-electron chi connectivity index (χ1n) is 6.51. The Morgan fingerprint density at radius 2 is 2.05 bits per heavy atom. The molecule has 0 fully saturated rings. The summed E-state index contributed by atoms with van der Waals surface area (Å²) in [7, 11) is 3.33. The second-order valence-corrected chi connectivity index (χ2v) is 5.26. The molecule has 0 spiro atoms. The lowest BCUT2D eigenvalue weighted by Gasteiger charge is -2.21. The van der Waals surface area contributed by atoms with Crippen LogP contribution in [0.4, 0.5) is 0 Å². The summed E-state index contributed by atoms with van der Waals surface area (Å²) < 4.78 is 1.40. The number of carbonyl (C=O) groups excluding carboxylic acids is 1. The smallest absolute Gasteiger partial charge is 0.263 e. The molecule has 0 aliphatic rings. The minimum atomic E-state index is -0.271. The van der Waals surface area contributed by atoms with Gasteiger partial charge in [-0.15, -0.1) is 12.4 Å². The Morgan fingerprint density at radius 1 is 1.45 bits per heavy atom. The molecule has 1 rings (SSSR count). The Kier molecular flexibility index (Phi) is 7.53. The van der Waals surface area contributed by atoms with Crippen LogP contribution in [0, 0.1) is 5.92 Å².